The molecule has 0 saturated carbocycles. The molecule has 1 aliphatic heterocycles. The number of ether oxygens (including phenoxy) is 1. The van der Waals surface area contributed by atoms with Crippen LogP contribution < -0.4 is 26.4 Å². The van der Waals surface area contributed by atoms with Crippen LogP contribution in [-0.2, 0) is 4.79 Å². The lowest BCUT2D eigenvalue weighted by molar-refractivity contribution is -0.118. The second-order valence-corrected chi connectivity index (χ2v) is 5.82. The van der Waals surface area contributed by atoms with E-state index in [1.165, 1.54) is 0 Å². The molecule has 0 fully saturated rings. The summed E-state index contributed by atoms with van der Waals surface area (Å²) in [5.74, 6) is 0.0537. The molecule has 0 aromatic heterocycles. The third kappa shape index (κ3) is 3.99. The molecule has 3 amide bonds. The number of carbonyl (C=O) groups is 2. The van der Waals surface area contributed by atoms with Gasteiger partial charge in [-0.25, -0.2) is 4.79 Å². The minimum absolute atomic E-state index is 0.0375. The van der Waals surface area contributed by atoms with Crippen molar-refractivity contribution in [2.24, 2.45) is 5.73 Å². The van der Waals surface area contributed by atoms with Crippen LogP contribution in [0, 0.1) is 6.92 Å². The molecule has 1 aliphatic rings. The zero-order valence-electron chi connectivity index (χ0n) is 13.4. The summed E-state index contributed by atoms with van der Waals surface area (Å²) < 4.78 is 5.68. The van der Waals surface area contributed by atoms with Crippen LogP contribution in [-0.4, -0.2) is 24.6 Å². The van der Waals surface area contributed by atoms with Gasteiger partial charge in [-0.2, -0.15) is 0 Å². The molecule has 1 heterocycles. The first kappa shape index (κ1) is 17.7. The Morgan fingerprint density at radius 1 is 1.46 bits per heavy atom. The highest BCUT2D eigenvalue weighted by molar-refractivity contribution is 6.32. The summed E-state index contributed by atoms with van der Waals surface area (Å²) in [5.41, 5.74) is 6.89. The van der Waals surface area contributed by atoms with Crippen molar-refractivity contribution in [1.82, 2.24) is 16.0 Å². The largest absolute Gasteiger partial charge is 0.490 e. The first-order valence-corrected chi connectivity index (χ1v) is 7.63. The van der Waals surface area contributed by atoms with Crippen molar-refractivity contribution < 1.29 is 14.3 Å². The molecule has 1 aromatic rings. The summed E-state index contributed by atoms with van der Waals surface area (Å²) in [6, 6.07) is 4.54. The van der Waals surface area contributed by atoms with Crippen LogP contribution >= 0.6 is 11.6 Å². The van der Waals surface area contributed by atoms with E-state index in [9.17, 15) is 9.59 Å². The van der Waals surface area contributed by atoms with Gasteiger partial charge in [0.1, 0.15) is 18.1 Å². The van der Waals surface area contributed by atoms with E-state index in [-0.39, 0.29) is 29.7 Å². The van der Waals surface area contributed by atoms with E-state index < -0.39 is 11.9 Å². The topological polar surface area (TPSA) is 105 Å². The second kappa shape index (κ2) is 7.27. The van der Waals surface area contributed by atoms with Crippen LogP contribution in [0.5, 0.6) is 5.75 Å². The van der Waals surface area contributed by atoms with E-state index in [0.717, 1.165) is 5.56 Å². The molecular formula is C16H19ClN4O3. The van der Waals surface area contributed by atoms with Gasteiger partial charge in [-0.3, -0.25) is 4.79 Å². The van der Waals surface area contributed by atoms with Gasteiger partial charge < -0.3 is 26.4 Å². The third-order valence-electron chi connectivity index (χ3n) is 3.34. The first-order valence-electron chi connectivity index (χ1n) is 7.25. The highest BCUT2D eigenvalue weighted by atomic mass is 35.5. The standard InChI is InChI=1S/C16H19ClN4O3/c1-8-5-4-6-11(17)14(8)24-7-9(2)19-15(22)13-12(18)10(3)20-16(23)21-13/h4-6,9H,3,7,18H2,1-2H3,(H,19,22)(H2,20,21,23)/t9-/m1/s1. The fraction of sp³-hybridized carbons (Fsp3) is 0.250. The van der Waals surface area contributed by atoms with Crippen molar-refractivity contribution in [3.63, 3.8) is 0 Å². The lowest BCUT2D eigenvalue weighted by Crippen LogP contribution is -2.49. The first-order chi connectivity index (χ1) is 11.3. The van der Waals surface area contributed by atoms with Crippen molar-refractivity contribution in [3.05, 3.63) is 52.5 Å². The van der Waals surface area contributed by atoms with Gasteiger partial charge in [0.15, 0.2) is 0 Å². The lowest BCUT2D eigenvalue weighted by Gasteiger charge is -2.22. The molecule has 1 atom stereocenters. The quantitative estimate of drug-likeness (QED) is 0.646. The van der Waals surface area contributed by atoms with Crippen molar-refractivity contribution in [3.8, 4) is 5.75 Å². The summed E-state index contributed by atoms with van der Waals surface area (Å²) in [4.78, 5) is 23.7. The highest BCUT2D eigenvalue weighted by Crippen LogP contribution is 2.27. The number of hydrogen-bond donors (Lipinski definition) is 4. The molecule has 0 bridgehead atoms. The van der Waals surface area contributed by atoms with Crippen LogP contribution in [0.1, 0.15) is 12.5 Å². The van der Waals surface area contributed by atoms with Gasteiger partial charge in [0, 0.05) is 0 Å². The van der Waals surface area contributed by atoms with E-state index in [4.69, 9.17) is 22.1 Å². The molecule has 0 saturated heterocycles. The molecular weight excluding hydrogens is 332 g/mol. The van der Waals surface area contributed by atoms with Crippen LogP contribution in [0.15, 0.2) is 41.9 Å². The molecule has 2 rings (SSSR count). The Hall–Kier alpha value is -2.67. The molecule has 8 heteroatoms. The molecule has 0 unspecified atom stereocenters. The summed E-state index contributed by atoms with van der Waals surface area (Å²) in [5, 5.41) is 7.95. The molecule has 0 radical (unpaired) electrons. The fourth-order valence-electron chi connectivity index (χ4n) is 2.09. The maximum absolute atomic E-state index is 12.2. The van der Waals surface area contributed by atoms with E-state index in [1.807, 2.05) is 19.1 Å². The number of nitrogens with one attached hydrogen (secondary N) is 3. The minimum Gasteiger partial charge on any atom is -0.490 e. The molecule has 5 N–H and O–H groups in total. The maximum Gasteiger partial charge on any atom is 0.323 e. The van der Waals surface area contributed by atoms with E-state index in [0.29, 0.717) is 10.8 Å². The summed E-state index contributed by atoms with van der Waals surface area (Å²) in [6.07, 6.45) is 0. The zero-order valence-corrected chi connectivity index (χ0v) is 14.2. The van der Waals surface area contributed by atoms with Crippen LogP contribution in [0.2, 0.25) is 5.02 Å². The minimum atomic E-state index is -0.560. The van der Waals surface area contributed by atoms with Gasteiger partial charge in [-0.15, -0.1) is 0 Å². The number of amides is 3. The molecule has 7 nitrogen and oxygen atoms in total. The molecule has 24 heavy (non-hydrogen) atoms. The van der Waals surface area contributed by atoms with Gasteiger partial charge >= 0.3 is 6.03 Å². The third-order valence-corrected chi connectivity index (χ3v) is 3.64. The Morgan fingerprint density at radius 2 is 2.17 bits per heavy atom. The lowest BCUT2D eigenvalue weighted by atomic mass is 10.2. The van der Waals surface area contributed by atoms with Crippen LogP contribution in [0.4, 0.5) is 4.79 Å². The number of para-hydroxylation sites is 1. The van der Waals surface area contributed by atoms with Crippen LogP contribution in [0.25, 0.3) is 0 Å². The monoisotopic (exact) mass is 350 g/mol. The summed E-state index contributed by atoms with van der Waals surface area (Å²) in [7, 11) is 0. The smallest absolute Gasteiger partial charge is 0.323 e. The number of benzene rings is 1. The SMILES string of the molecule is C=C1NC(=O)NC(C(=O)N[C@H](C)COc2c(C)cccc2Cl)=C1N. The van der Waals surface area contributed by atoms with Gasteiger partial charge in [0.25, 0.3) is 5.91 Å². The molecule has 128 valence electrons. The van der Waals surface area contributed by atoms with Gasteiger partial charge in [0.05, 0.1) is 22.5 Å². The van der Waals surface area contributed by atoms with Crippen LogP contribution in [0.3, 0.4) is 0 Å². The zero-order chi connectivity index (χ0) is 17.9. The number of carbonyl (C=O) groups excluding carboxylic acids is 2. The average Bonchev–Trinajstić information content (AvgIpc) is 2.50. The molecule has 0 spiro atoms. The Bertz CT molecular complexity index is 710. The highest BCUT2D eigenvalue weighted by Gasteiger charge is 2.24. The average molecular weight is 351 g/mol. The van der Waals surface area contributed by atoms with Crippen molar-refractivity contribution in [1.29, 1.82) is 0 Å². The summed E-state index contributed by atoms with van der Waals surface area (Å²) in [6.45, 7) is 7.43. The Labute approximate surface area is 144 Å². The Kier molecular flexibility index (Phi) is 5.35. The number of urea groups is 1. The number of halogens is 1. The predicted octanol–water partition coefficient (Wildman–Crippen LogP) is 1.53. The number of aryl methyl sites for hydroxylation is 1. The van der Waals surface area contributed by atoms with Gasteiger partial charge in [-0.05, 0) is 25.5 Å². The normalized spacial score (nSPS) is 15.5. The Balaban J connectivity index is 1.98. The number of nitrogens with two attached hydrogens (primary N) is 1. The van der Waals surface area contributed by atoms with E-state index in [1.54, 1.807) is 13.0 Å². The Morgan fingerprint density at radius 3 is 2.83 bits per heavy atom. The van der Waals surface area contributed by atoms with Gasteiger partial charge in [0.2, 0.25) is 0 Å². The molecule has 0 aliphatic carbocycles. The fourth-order valence-corrected chi connectivity index (χ4v) is 2.37. The summed E-state index contributed by atoms with van der Waals surface area (Å²) >= 11 is 6.09. The number of hydrogen-bond acceptors (Lipinski definition) is 4. The van der Waals surface area contributed by atoms with E-state index >= 15 is 0 Å². The maximum atomic E-state index is 12.2. The predicted molar refractivity (Wildman–Crippen MR) is 91.3 cm³/mol. The molecule has 1 aromatic carbocycles. The second-order valence-electron chi connectivity index (χ2n) is 5.42. The van der Waals surface area contributed by atoms with Crippen molar-refractivity contribution >= 4 is 23.5 Å². The number of rotatable bonds is 5. The van der Waals surface area contributed by atoms with Crippen molar-refractivity contribution in [2.75, 3.05) is 6.61 Å². The van der Waals surface area contributed by atoms with Crippen molar-refractivity contribution in [2.45, 2.75) is 19.9 Å². The van der Waals surface area contributed by atoms with Gasteiger partial charge in [-0.1, -0.05) is 30.3 Å². The van der Waals surface area contributed by atoms with E-state index in [2.05, 4.69) is 22.5 Å².